The number of carbonyl (C=O) groups is 1. The van der Waals surface area contributed by atoms with Crippen LogP contribution in [-0.2, 0) is 9.53 Å². The van der Waals surface area contributed by atoms with Gasteiger partial charge in [0.25, 0.3) is 0 Å². The van der Waals surface area contributed by atoms with Gasteiger partial charge in [-0.05, 0) is 42.9 Å². The first-order valence-corrected chi connectivity index (χ1v) is 5.59. The standard InChI is InChI=1S/C11H14O3/c12-9-5-1-6-2-7-10(13)14-8(9)4-11(6,7)3-5/h5-9,12H,1-4H2. The Morgan fingerprint density at radius 3 is 3.07 bits per heavy atom. The van der Waals surface area contributed by atoms with Crippen molar-refractivity contribution < 1.29 is 14.6 Å². The fourth-order valence-electron chi connectivity index (χ4n) is 4.58. The lowest BCUT2D eigenvalue weighted by atomic mass is 9.50. The van der Waals surface area contributed by atoms with Gasteiger partial charge in [0.05, 0.1) is 12.0 Å². The molecule has 3 heteroatoms. The molecular formula is C11H14O3. The highest BCUT2D eigenvalue weighted by Gasteiger charge is 2.70. The van der Waals surface area contributed by atoms with E-state index < -0.39 is 0 Å². The van der Waals surface area contributed by atoms with Crippen LogP contribution in [0.5, 0.6) is 0 Å². The number of ether oxygens (including phenoxy) is 1. The average Bonchev–Trinajstić information content (AvgIpc) is 2.39. The van der Waals surface area contributed by atoms with E-state index in [2.05, 4.69) is 0 Å². The zero-order chi connectivity index (χ0) is 9.50. The predicted octanol–water partition coefficient (Wildman–Crippen LogP) is 0.709. The predicted molar refractivity (Wildman–Crippen MR) is 47.3 cm³/mol. The van der Waals surface area contributed by atoms with Crippen LogP contribution >= 0.6 is 0 Å². The Labute approximate surface area is 82.4 Å². The van der Waals surface area contributed by atoms with Crippen molar-refractivity contribution in [1.82, 2.24) is 0 Å². The van der Waals surface area contributed by atoms with Gasteiger partial charge < -0.3 is 9.84 Å². The fraction of sp³-hybridized carbons (Fsp3) is 0.909. The van der Waals surface area contributed by atoms with Gasteiger partial charge in [-0.25, -0.2) is 0 Å². The Morgan fingerprint density at radius 2 is 2.21 bits per heavy atom. The molecule has 3 saturated carbocycles. The number of hydrogen-bond acceptors (Lipinski definition) is 3. The quantitative estimate of drug-likeness (QED) is 0.578. The molecule has 4 fully saturated rings. The minimum atomic E-state index is -0.379. The molecule has 1 N–H and O–H groups in total. The van der Waals surface area contributed by atoms with Crippen molar-refractivity contribution in [2.45, 2.75) is 37.9 Å². The molecule has 3 nitrogen and oxygen atoms in total. The summed E-state index contributed by atoms with van der Waals surface area (Å²) in [5.41, 5.74) is 0.268. The highest BCUT2D eigenvalue weighted by atomic mass is 16.6. The monoisotopic (exact) mass is 194 g/mol. The topological polar surface area (TPSA) is 46.5 Å². The lowest BCUT2D eigenvalue weighted by Crippen LogP contribution is -2.60. The normalized spacial score (nSPS) is 63.2. The van der Waals surface area contributed by atoms with E-state index >= 15 is 0 Å². The van der Waals surface area contributed by atoms with Crippen LogP contribution in [0.2, 0.25) is 0 Å². The van der Waals surface area contributed by atoms with Crippen molar-refractivity contribution >= 4 is 5.97 Å². The molecule has 1 spiro atoms. The zero-order valence-electron chi connectivity index (χ0n) is 7.98. The number of aliphatic hydroxyl groups is 1. The van der Waals surface area contributed by atoms with Gasteiger partial charge in [-0.1, -0.05) is 0 Å². The maximum Gasteiger partial charge on any atom is 0.309 e. The Balaban J connectivity index is 1.83. The summed E-state index contributed by atoms with van der Waals surface area (Å²) in [4.78, 5) is 11.6. The average molecular weight is 194 g/mol. The molecule has 1 saturated heterocycles. The van der Waals surface area contributed by atoms with E-state index in [0.717, 1.165) is 25.7 Å². The Bertz CT molecular complexity index is 326. The van der Waals surface area contributed by atoms with Crippen molar-refractivity contribution in [1.29, 1.82) is 0 Å². The molecular weight excluding hydrogens is 180 g/mol. The number of carbonyl (C=O) groups excluding carboxylic acids is 1. The fourth-order valence-corrected chi connectivity index (χ4v) is 4.58. The lowest BCUT2D eigenvalue weighted by molar-refractivity contribution is -0.215. The van der Waals surface area contributed by atoms with Gasteiger partial charge in [0.2, 0.25) is 0 Å². The summed E-state index contributed by atoms with van der Waals surface area (Å²) in [5, 5.41) is 9.98. The molecule has 0 amide bonds. The maximum absolute atomic E-state index is 11.6. The van der Waals surface area contributed by atoms with Gasteiger partial charge in [0.15, 0.2) is 0 Å². The molecule has 0 aromatic heterocycles. The third-order valence-electron chi connectivity index (χ3n) is 5.25. The number of aliphatic hydroxyl groups excluding tert-OH is 1. The van der Waals surface area contributed by atoms with Crippen molar-refractivity contribution in [3.8, 4) is 0 Å². The molecule has 1 aliphatic heterocycles. The van der Waals surface area contributed by atoms with Gasteiger partial charge in [0.1, 0.15) is 6.10 Å². The molecule has 14 heavy (non-hydrogen) atoms. The highest BCUT2D eigenvalue weighted by molar-refractivity contribution is 5.76. The zero-order valence-corrected chi connectivity index (χ0v) is 7.98. The van der Waals surface area contributed by atoms with Crippen molar-refractivity contribution in [3.05, 3.63) is 0 Å². The summed E-state index contributed by atoms with van der Waals surface area (Å²) in [5.74, 6) is 1.28. The van der Waals surface area contributed by atoms with Gasteiger partial charge in [0, 0.05) is 0 Å². The molecule has 6 atom stereocenters. The summed E-state index contributed by atoms with van der Waals surface area (Å²) in [6, 6.07) is 0. The minimum absolute atomic E-state index is 0.0306. The van der Waals surface area contributed by atoms with Crippen LogP contribution in [-0.4, -0.2) is 23.3 Å². The van der Waals surface area contributed by atoms with E-state index in [9.17, 15) is 9.90 Å². The number of fused-ring (bicyclic) bond motifs is 2. The molecule has 4 aliphatic rings. The van der Waals surface area contributed by atoms with Crippen LogP contribution in [0, 0.1) is 23.2 Å². The maximum atomic E-state index is 11.6. The third kappa shape index (κ3) is 0.602. The third-order valence-corrected chi connectivity index (χ3v) is 5.25. The summed E-state index contributed by atoms with van der Waals surface area (Å²) < 4.78 is 5.31. The van der Waals surface area contributed by atoms with Gasteiger partial charge >= 0.3 is 5.97 Å². The Kier molecular flexibility index (Phi) is 1.10. The molecule has 3 bridgehead atoms. The van der Waals surface area contributed by atoms with Crippen LogP contribution < -0.4 is 0 Å². The van der Waals surface area contributed by atoms with E-state index in [0.29, 0.717) is 11.8 Å². The SMILES string of the molecule is O=C1OC2CC34CC(CC3CC14)C2O. The smallest absolute Gasteiger partial charge is 0.309 e. The molecule has 1 heterocycles. The molecule has 76 valence electrons. The molecule has 6 unspecified atom stereocenters. The van der Waals surface area contributed by atoms with Crippen molar-refractivity contribution in [3.63, 3.8) is 0 Å². The lowest BCUT2D eigenvalue weighted by Gasteiger charge is -2.57. The summed E-state index contributed by atoms with van der Waals surface area (Å²) >= 11 is 0. The second-order valence-corrected chi connectivity index (χ2v) is 5.59. The number of esters is 1. The second-order valence-electron chi connectivity index (χ2n) is 5.59. The largest absolute Gasteiger partial charge is 0.459 e. The van der Waals surface area contributed by atoms with Crippen molar-refractivity contribution in [2.75, 3.05) is 0 Å². The highest BCUT2D eigenvalue weighted by Crippen LogP contribution is 2.70. The molecule has 0 radical (unpaired) electrons. The molecule has 3 aliphatic carbocycles. The number of hydrogen-bond donors (Lipinski definition) is 1. The first-order valence-electron chi connectivity index (χ1n) is 5.59. The summed E-state index contributed by atoms with van der Waals surface area (Å²) in [7, 11) is 0. The first kappa shape index (κ1) is 7.69. The van der Waals surface area contributed by atoms with E-state index in [4.69, 9.17) is 4.74 Å². The Hall–Kier alpha value is -0.570. The van der Waals surface area contributed by atoms with Crippen LogP contribution in [0.15, 0.2) is 0 Å². The van der Waals surface area contributed by atoms with Crippen LogP contribution in [0.3, 0.4) is 0 Å². The van der Waals surface area contributed by atoms with Gasteiger partial charge in [-0.3, -0.25) is 4.79 Å². The minimum Gasteiger partial charge on any atom is -0.459 e. The molecule has 4 rings (SSSR count). The molecule has 0 aromatic rings. The number of rotatable bonds is 0. The molecule has 0 aromatic carbocycles. The second kappa shape index (κ2) is 2.01. The first-order chi connectivity index (χ1) is 6.71. The van der Waals surface area contributed by atoms with Crippen molar-refractivity contribution in [2.24, 2.45) is 23.2 Å². The van der Waals surface area contributed by atoms with Crippen LogP contribution in [0.4, 0.5) is 0 Å². The van der Waals surface area contributed by atoms with E-state index in [1.165, 1.54) is 0 Å². The summed E-state index contributed by atoms with van der Waals surface area (Å²) in [6.45, 7) is 0. The van der Waals surface area contributed by atoms with E-state index in [-0.39, 0.29) is 29.5 Å². The summed E-state index contributed by atoms with van der Waals surface area (Å²) in [6.07, 6.45) is 3.61. The van der Waals surface area contributed by atoms with Gasteiger partial charge in [-0.15, -0.1) is 0 Å². The Morgan fingerprint density at radius 1 is 1.36 bits per heavy atom. The van der Waals surface area contributed by atoms with E-state index in [1.807, 2.05) is 0 Å². The van der Waals surface area contributed by atoms with E-state index in [1.54, 1.807) is 0 Å². The van der Waals surface area contributed by atoms with Gasteiger partial charge in [-0.2, -0.15) is 0 Å². The van der Waals surface area contributed by atoms with Crippen LogP contribution in [0.1, 0.15) is 25.7 Å². The van der Waals surface area contributed by atoms with Crippen LogP contribution in [0.25, 0.3) is 0 Å².